The summed E-state index contributed by atoms with van der Waals surface area (Å²) >= 11 is 0. The molecule has 2 N–H and O–H groups in total. The lowest BCUT2D eigenvalue weighted by atomic mass is 9.90. The maximum absolute atomic E-state index is 11.5. The number of aliphatic hydroxyl groups is 1. The lowest BCUT2D eigenvalue weighted by Crippen LogP contribution is -2.51. The third kappa shape index (κ3) is 3.96. The maximum Gasteiger partial charge on any atom is 0.219 e. The number of aliphatic hydroxyl groups excluding tert-OH is 1. The average Bonchev–Trinajstić information content (AvgIpc) is 3.10. The minimum atomic E-state index is 0.182. The van der Waals surface area contributed by atoms with Crippen LogP contribution in [0.4, 0.5) is 0 Å². The smallest absolute Gasteiger partial charge is 0.219 e. The van der Waals surface area contributed by atoms with Crippen LogP contribution in [0.25, 0.3) is 0 Å². The summed E-state index contributed by atoms with van der Waals surface area (Å²) in [6.45, 7) is 3.65. The predicted molar refractivity (Wildman–Crippen MR) is 66.6 cm³/mol. The number of likely N-dealkylation sites (tertiary alicyclic amines) is 1. The van der Waals surface area contributed by atoms with Crippen molar-refractivity contribution in [3.05, 3.63) is 0 Å². The molecule has 1 saturated carbocycles. The molecule has 0 bridgehead atoms. The number of hydrogen-bond donors (Lipinski definition) is 2. The highest BCUT2D eigenvalue weighted by atomic mass is 16.2. The fraction of sp³-hybridized carbons (Fsp3) is 0.923. The van der Waals surface area contributed by atoms with Crippen molar-refractivity contribution in [2.75, 3.05) is 19.7 Å². The number of nitrogens with zero attached hydrogens (tertiary/aromatic N) is 1. The van der Waals surface area contributed by atoms with Gasteiger partial charge in [-0.3, -0.25) is 4.79 Å². The van der Waals surface area contributed by atoms with Crippen molar-refractivity contribution in [3.63, 3.8) is 0 Å². The number of piperidine rings is 1. The molecule has 0 aromatic rings. The van der Waals surface area contributed by atoms with Gasteiger partial charge in [-0.2, -0.15) is 0 Å². The molecular formula is C13H24N2O2. The van der Waals surface area contributed by atoms with Crippen molar-refractivity contribution >= 4 is 5.91 Å². The normalized spacial score (nSPS) is 29.4. The second-order valence-corrected chi connectivity index (χ2v) is 5.53. The topological polar surface area (TPSA) is 52.6 Å². The Kier molecular flexibility index (Phi) is 4.40. The van der Waals surface area contributed by atoms with Crippen molar-refractivity contribution in [3.8, 4) is 0 Å². The highest BCUT2D eigenvalue weighted by molar-refractivity contribution is 5.73. The van der Waals surface area contributed by atoms with Gasteiger partial charge in [-0.1, -0.05) is 0 Å². The molecule has 1 saturated heterocycles. The number of carbonyl (C=O) groups is 1. The zero-order valence-electron chi connectivity index (χ0n) is 10.7. The first-order valence-corrected chi connectivity index (χ1v) is 6.81. The van der Waals surface area contributed by atoms with Crippen LogP contribution in [0, 0.1) is 5.92 Å². The van der Waals surface area contributed by atoms with E-state index in [1.165, 1.54) is 12.8 Å². The average molecular weight is 240 g/mol. The van der Waals surface area contributed by atoms with Crippen LogP contribution in [-0.4, -0.2) is 47.7 Å². The van der Waals surface area contributed by atoms with E-state index in [9.17, 15) is 4.79 Å². The Bertz CT molecular complexity index is 266. The Morgan fingerprint density at radius 3 is 2.71 bits per heavy atom. The lowest BCUT2D eigenvalue weighted by Gasteiger charge is -2.38. The zero-order chi connectivity index (χ0) is 12.3. The van der Waals surface area contributed by atoms with Gasteiger partial charge in [-0.05, 0) is 38.0 Å². The van der Waals surface area contributed by atoms with Gasteiger partial charge in [0.05, 0.1) is 0 Å². The molecule has 1 aliphatic heterocycles. The summed E-state index contributed by atoms with van der Waals surface area (Å²) in [5.41, 5.74) is 0. The molecule has 2 atom stereocenters. The van der Waals surface area contributed by atoms with Crippen molar-refractivity contribution in [2.24, 2.45) is 5.92 Å². The van der Waals surface area contributed by atoms with Crippen molar-refractivity contribution < 1.29 is 9.90 Å². The van der Waals surface area contributed by atoms with E-state index in [2.05, 4.69) is 5.32 Å². The van der Waals surface area contributed by atoms with E-state index in [4.69, 9.17) is 5.11 Å². The van der Waals surface area contributed by atoms with Gasteiger partial charge in [0, 0.05) is 38.7 Å². The SMILES string of the molecule is CC(=O)N1CC(CCCO)CC(NC2CC2)C1. The standard InChI is InChI=1S/C13H24N2O2/c1-10(17)15-8-11(3-2-6-16)7-13(9-15)14-12-4-5-12/h11-14,16H,2-9H2,1H3. The molecule has 2 fully saturated rings. The Morgan fingerprint density at radius 2 is 2.12 bits per heavy atom. The largest absolute Gasteiger partial charge is 0.396 e. The van der Waals surface area contributed by atoms with E-state index in [1.807, 2.05) is 4.90 Å². The van der Waals surface area contributed by atoms with E-state index in [-0.39, 0.29) is 12.5 Å². The van der Waals surface area contributed by atoms with E-state index >= 15 is 0 Å². The molecule has 2 aliphatic rings. The summed E-state index contributed by atoms with van der Waals surface area (Å²) in [6, 6.07) is 1.16. The van der Waals surface area contributed by atoms with Gasteiger partial charge in [-0.25, -0.2) is 0 Å². The molecule has 0 spiro atoms. The van der Waals surface area contributed by atoms with Crippen molar-refractivity contribution in [1.82, 2.24) is 10.2 Å². The first kappa shape index (κ1) is 12.8. The summed E-state index contributed by atoms with van der Waals surface area (Å²) in [5, 5.41) is 12.5. The van der Waals surface area contributed by atoms with Crippen LogP contribution in [-0.2, 0) is 4.79 Å². The Hall–Kier alpha value is -0.610. The van der Waals surface area contributed by atoms with E-state index in [0.29, 0.717) is 18.0 Å². The molecule has 1 aliphatic carbocycles. The van der Waals surface area contributed by atoms with Gasteiger partial charge in [-0.15, -0.1) is 0 Å². The Balaban J connectivity index is 1.86. The van der Waals surface area contributed by atoms with Gasteiger partial charge >= 0.3 is 0 Å². The molecule has 17 heavy (non-hydrogen) atoms. The fourth-order valence-electron chi connectivity index (χ4n) is 2.75. The Labute approximate surface area is 103 Å². The highest BCUT2D eigenvalue weighted by Gasteiger charge is 2.32. The molecule has 0 aromatic heterocycles. The molecule has 2 unspecified atom stereocenters. The summed E-state index contributed by atoms with van der Waals surface area (Å²) in [6.07, 6.45) is 5.62. The second-order valence-electron chi connectivity index (χ2n) is 5.53. The van der Waals surface area contributed by atoms with Crippen LogP contribution in [0.15, 0.2) is 0 Å². The van der Waals surface area contributed by atoms with Crippen molar-refractivity contribution in [2.45, 2.75) is 51.1 Å². The van der Waals surface area contributed by atoms with Crippen LogP contribution < -0.4 is 5.32 Å². The summed E-state index contributed by atoms with van der Waals surface area (Å²) in [4.78, 5) is 13.5. The summed E-state index contributed by atoms with van der Waals surface area (Å²) in [7, 11) is 0. The van der Waals surface area contributed by atoms with E-state index < -0.39 is 0 Å². The zero-order valence-corrected chi connectivity index (χ0v) is 10.7. The minimum Gasteiger partial charge on any atom is -0.396 e. The quantitative estimate of drug-likeness (QED) is 0.745. The first-order chi connectivity index (χ1) is 8.19. The number of carbonyl (C=O) groups excluding carboxylic acids is 1. The lowest BCUT2D eigenvalue weighted by molar-refractivity contribution is -0.131. The Morgan fingerprint density at radius 1 is 1.35 bits per heavy atom. The molecular weight excluding hydrogens is 216 g/mol. The van der Waals surface area contributed by atoms with Crippen LogP contribution in [0.5, 0.6) is 0 Å². The molecule has 4 heteroatoms. The minimum absolute atomic E-state index is 0.182. The van der Waals surface area contributed by atoms with Crippen molar-refractivity contribution in [1.29, 1.82) is 0 Å². The molecule has 1 amide bonds. The third-order valence-corrected chi connectivity index (χ3v) is 3.80. The van der Waals surface area contributed by atoms with Crippen LogP contribution >= 0.6 is 0 Å². The molecule has 0 radical (unpaired) electrons. The van der Waals surface area contributed by atoms with Gasteiger partial charge in [0.2, 0.25) is 5.91 Å². The van der Waals surface area contributed by atoms with E-state index in [0.717, 1.165) is 32.4 Å². The second kappa shape index (κ2) is 5.83. The predicted octanol–water partition coefficient (Wildman–Crippen LogP) is 0.748. The summed E-state index contributed by atoms with van der Waals surface area (Å²) < 4.78 is 0. The van der Waals surface area contributed by atoms with Gasteiger partial charge < -0.3 is 15.3 Å². The molecule has 2 rings (SSSR count). The number of hydrogen-bond acceptors (Lipinski definition) is 3. The van der Waals surface area contributed by atoms with Crippen LogP contribution in [0.2, 0.25) is 0 Å². The maximum atomic E-state index is 11.5. The molecule has 0 aromatic carbocycles. The third-order valence-electron chi connectivity index (χ3n) is 3.80. The number of amides is 1. The summed E-state index contributed by atoms with van der Waals surface area (Å²) in [5.74, 6) is 0.734. The number of rotatable bonds is 5. The van der Waals surface area contributed by atoms with Gasteiger partial charge in [0.15, 0.2) is 0 Å². The fourth-order valence-corrected chi connectivity index (χ4v) is 2.75. The van der Waals surface area contributed by atoms with Gasteiger partial charge in [0.1, 0.15) is 0 Å². The van der Waals surface area contributed by atoms with E-state index in [1.54, 1.807) is 6.92 Å². The monoisotopic (exact) mass is 240 g/mol. The molecule has 98 valence electrons. The number of nitrogens with one attached hydrogen (secondary N) is 1. The van der Waals surface area contributed by atoms with Gasteiger partial charge in [0.25, 0.3) is 0 Å². The highest BCUT2D eigenvalue weighted by Crippen LogP contribution is 2.25. The molecule has 4 nitrogen and oxygen atoms in total. The van der Waals surface area contributed by atoms with Crippen LogP contribution in [0.3, 0.4) is 0 Å². The van der Waals surface area contributed by atoms with Crippen LogP contribution in [0.1, 0.15) is 39.0 Å². The first-order valence-electron chi connectivity index (χ1n) is 6.81. The molecule has 1 heterocycles.